The van der Waals surface area contributed by atoms with E-state index in [0.29, 0.717) is 32.9 Å². The smallest absolute Gasteiger partial charge is 0.418 e. The van der Waals surface area contributed by atoms with E-state index < -0.39 is 53.5 Å². The number of H-pyrrole nitrogens is 1. The van der Waals surface area contributed by atoms with Crippen molar-refractivity contribution in [3.05, 3.63) is 103 Å². The fraction of sp³-hybridized carbons (Fsp3) is 0.294. The van der Waals surface area contributed by atoms with Crippen LogP contribution in [0.2, 0.25) is 0 Å². The van der Waals surface area contributed by atoms with Gasteiger partial charge < -0.3 is 15.0 Å². The first-order valence-corrected chi connectivity index (χ1v) is 17.8. The summed E-state index contributed by atoms with van der Waals surface area (Å²) in [5, 5.41) is 2.83. The van der Waals surface area contributed by atoms with Crippen molar-refractivity contribution in [2.45, 2.75) is 28.8 Å². The second kappa shape index (κ2) is 11.8. The number of amides is 3. The standard InChI is InChI=1S/C34H24BrF4N3O5S2/c35-14-5-10-22(47-13-23(43)40-21-4-2-1-3-20(21)34(37,38)39)17(11-14)24-25-18-12-19(28(25)48-30-29(24)49-33(46)41-30)27-26(18)31(44)42(32(27)45)16-8-6-15(36)7-9-16/h1-11,18-19,24-28H,12-13H2,(H,40,43)(H,41,46)/t18?,19?,24-,25?,26?,27?,28?/m1/s1. The Kier molecular flexibility index (Phi) is 7.79. The van der Waals surface area contributed by atoms with Crippen molar-refractivity contribution in [1.82, 2.24) is 4.98 Å². The Balaban J connectivity index is 1.12. The maximum absolute atomic E-state index is 14.0. The molecule has 15 heteroatoms. The maximum Gasteiger partial charge on any atom is 0.418 e. The highest BCUT2D eigenvalue weighted by atomic mass is 79.9. The van der Waals surface area contributed by atoms with Gasteiger partial charge in [0, 0.05) is 26.1 Å². The lowest BCUT2D eigenvalue weighted by Gasteiger charge is -2.43. The predicted molar refractivity (Wildman–Crippen MR) is 177 cm³/mol. The summed E-state index contributed by atoms with van der Waals surface area (Å²) in [5.74, 6) is -3.80. The molecule has 3 aromatic carbocycles. The lowest BCUT2D eigenvalue weighted by atomic mass is 9.68. The minimum absolute atomic E-state index is 0.132. The molecule has 2 aliphatic heterocycles. The first-order valence-electron chi connectivity index (χ1n) is 15.3. The molecular weight excluding hydrogens is 750 g/mol. The number of hydrogen-bond donors (Lipinski definition) is 2. The van der Waals surface area contributed by atoms with Crippen LogP contribution in [-0.4, -0.2) is 34.6 Å². The summed E-state index contributed by atoms with van der Waals surface area (Å²) in [5.41, 5.74) is -0.420. The van der Waals surface area contributed by atoms with Gasteiger partial charge in [0.1, 0.15) is 11.6 Å². The number of imide groups is 1. The molecule has 49 heavy (non-hydrogen) atoms. The number of carbonyl (C=O) groups excluding carboxylic acids is 3. The third-order valence-corrected chi connectivity index (χ3v) is 13.1. The first kappa shape index (κ1) is 32.3. The minimum atomic E-state index is -4.67. The summed E-state index contributed by atoms with van der Waals surface area (Å²) >= 11 is 6.09. The fourth-order valence-corrected chi connectivity index (χ4v) is 11.5. The van der Waals surface area contributed by atoms with Crippen LogP contribution in [0, 0.1) is 35.4 Å². The van der Waals surface area contributed by atoms with E-state index in [1.54, 1.807) is 12.1 Å². The summed E-state index contributed by atoms with van der Waals surface area (Å²) in [7, 11) is 0. The summed E-state index contributed by atoms with van der Waals surface area (Å²) in [6.45, 7) is -0.594. The number of aromatic nitrogens is 1. The zero-order valence-corrected chi connectivity index (χ0v) is 28.2. The molecule has 8 nitrogen and oxygen atoms in total. The molecule has 4 aliphatic rings. The molecule has 3 fully saturated rings. The van der Waals surface area contributed by atoms with Crippen molar-refractivity contribution in [3.8, 4) is 5.75 Å². The van der Waals surface area contributed by atoms with Gasteiger partial charge in [-0.2, -0.15) is 13.2 Å². The normalized spacial score (nSPS) is 26.8. The molecule has 2 aliphatic carbocycles. The van der Waals surface area contributed by atoms with Crippen molar-refractivity contribution in [2.24, 2.45) is 29.6 Å². The number of thiazole rings is 1. The molecule has 2 bridgehead atoms. The number of nitrogens with one attached hydrogen (secondary N) is 2. The van der Waals surface area contributed by atoms with Gasteiger partial charge in [-0.3, -0.25) is 24.1 Å². The lowest BCUT2D eigenvalue weighted by Crippen LogP contribution is -2.42. The monoisotopic (exact) mass is 773 g/mol. The van der Waals surface area contributed by atoms with E-state index >= 15 is 0 Å². The number of anilines is 2. The molecule has 7 atom stereocenters. The molecule has 3 amide bonds. The van der Waals surface area contributed by atoms with Gasteiger partial charge in [0.15, 0.2) is 6.61 Å². The topological polar surface area (TPSA) is 109 Å². The third-order valence-electron chi connectivity index (χ3n) is 9.98. The van der Waals surface area contributed by atoms with E-state index in [0.717, 1.165) is 28.3 Å². The number of fused-ring (bicyclic) bond motifs is 9. The Morgan fingerprint density at radius 2 is 1.71 bits per heavy atom. The number of nitrogens with zero attached hydrogens (tertiary/aromatic N) is 1. The maximum atomic E-state index is 14.0. The van der Waals surface area contributed by atoms with Gasteiger partial charge in [0.2, 0.25) is 11.8 Å². The number of carbonyl (C=O) groups is 3. The van der Waals surface area contributed by atoms with Gasteiger partial charge in [-0.15, -0.1) is 11.8 Å². The van der Waals surface area contributed by atoms with Crippen LogP contribution in [0.1, 0.15) is 28.3 Å². The van der Waals surface area contributed by atoms with E-state index in [-0.39, 0.29) is 39.7 Å². The van der Waals surface area contributed by atoms with E-state index in [1.165, 1.54) is 53.1 Å². The molecule has 1 saturated heterocycles. The second-order valence-electron chi connectivity index (χ2n) is 12.5. The average Bonchev–Trinajstić information content (AvgIpc) is 3.79. The molecular formula is C34H24BrF4N3O5S2. The summed E-state index contributed by atoms with van der Waals surface area (Å²) in [4.78, 5) is 58.0. The average molecular weight is 775 g/mol. The van der Waals surface area contributed by atoms with Crippen LogP contribution in [0.3, 0.4) is 0 Å². The van der Waals surface area contributed by atoms with Crippen LogP contribution in [0.5, 0.6) is 5.75 Å². The number of rotatable bonds is 6. The number of ether oxygens (including phenoxy) is 1. The summed E-state index contributed by atoms with van der Waals surface area (Å²) in [6.07, 6.45) is -4.04. The number of para-hydroxylation sites is 1. The largest absolute Gasteiger partial charge is 0.483 e. The number of alkyl halides is 3. The minimum Gasteiger partial charge on any atom is -0.483 e. The SMILES string of the molecule is O=C(COc1ccc(Br)cc1[C@H]1c2sc(=O)[nH]c2SC2C3CC(C4C(=O)N(c5ccc(F)cc5)C(=O)C34)C21)Nc1ccccc1C(F)(F)F. The van der Waals surface area contributed by atoms with Crippen LogP contribution in [-0.2, 0) is 20.6 Å². The van der Waals surface area contributed by atoms with E-state index in [2.05, 4.69) is 26.2 Å². The zero-order chi connectivity index (χ0) is 34.4. The van der Waals surface area contributed by atoms with Gasteiger partial charge >= 0.3 is 11.0 Å². The quantitative estimate of drug-likeness (QED) is 0.161. The molecule has 3 heterocycles. The lowest BCUT2D eigenvalue weighted by molar-refractivity contribution is -0.137. The van der Waals surface area contributed by atoms with Crippen molar-refractivity contribution >= 4 is 68.1 Å². The van der Waals surface area contributed by atoms with Crippen LogP contribution in [0.25, 0.3) is 0 Å². The van der Waals surface area contributed by atoms with Crippen LogP contribution < -0.4 is 19.8 Å². The highest BCUT2D eigenvalue weighted by Gasteiger charge is 2.70. The Hall–Kier alpha value is -3.95. The Morgan fingerprint density at radius 1 is 1.00 bits per heavy atom. The van der Waals surface area contributed by atoms with Gasteiger partial charge in [0.25, 0.3) is 5.91 Å². The number of thioether (sulfide) groups is 1. The van der Waals surface area contributed by atoms with E-state index in [1.807, 2.05) is 6.07 Å². The highest BCUT2D eigenvalue weighted by molar-refractivity contribution is 9.10. The molecule has 2 N–H and O–H groups in total. The van der Waals surface area contributed by atoms with Crippen LogP contribution in [0.4, 0.5) is 28.9 Å². The molecule has 2 saturated carbocycles. The number of halogens is 5. The van der Waals surface area contributed by atoms with E-state index in [9.17, 15) is 36.7 Å². The Labute approximate surface area is 292 Å². The van der Waals surface area contributed by atoms with Gasteiger partial charge in [0.05, 0.1) is 33.8 Å². The molecule has 4 aromatic rings. The molecule has 0 radical (unpaired) electrons. The van der Waals surface area contributed by atoms with Crippen LogP contribution >= 0.6 is 39.0 Å². The first-order chi connectivity index (χ1) is 23.4. The van der Waals surface area contributed by atoms with Crippen molar-refractivity contribution < 1.29 is 36.7 Å². The molecule has 252 valence electrons. The highest BCUT2D eigenvalue weighted by Crippen LogP contribution is 2.69. The van der Waals surface area contributed by atoms with Crippen molar-refractivity contribution in [3.63, 3.8) is 0 Å². The predicted octanol–water partition coefficient (Wildman–Crippen LogP) is 7.05. The fourth-order valence-electron chi connectivity index (χ4n) is 8.27. The van der Waals surface area contributed by atoms with Gasteiger partial charge in [-0.05, 0) is 78.8 Å². The van der Waals surface area contributed by atoms with E-state index in [4.69, 9.17) is 4.74 Å². The molecule has 1 aromatic heterocycles. The number of hydrogen-bond acceptors (Lipinski definition) is 7. The number of benzene rings is 3. The molecule has 8 rings (SSSR count). The Bertz CT molecular complexity index is 2090. The Morgan fingerprint density at radius 3 is 2.45 bits per heavy atom. The van der Waals surface area contributed by atoms with Crippen molar-refractivity contribution in [2.75, 3.05) is 16.8 Å². The van der Waals surface area contributed by atoms with Crippen molar-refractivity contribution in [1.29, 1.82) is 0 Å². The zero-order valence-electron chi connectivity index (χ0n) is 25.0. The van der Waals surface area contributed by atoms with Crippen LogP contribution in [0.15, 0.2) is 81.0 Å². The molecule has 6 unspecified atom stereocenters. The summed E-state index contributed by atoms with van der Waals surface area (Å²) in [6, 6.07) is 15.1. The molecule has 0 spiro atoms. The second-order valence-corrected chi connectivity index (χ2v) is 15.6. The summed E-state index contributed by atoms with van der Waals surface area (Å²) < 4.78 is 60.9. The van der Waals surface area contributed by atoms with Gasteiger partial charge in [-0.25, -0.2) is 4.39 Å². The third kappa shape index (κ3) is 5.32. The van der Waals surface area contributed by atoms with Gasteiger partial charge in [-0.1, -0.05) is 39.4 Å². The number of aromatic amines is 1.